The van der Waals surface area contributed by atoms with E-state index in [4.69, 9.17) is 4.74 Å². The van der Waals surface area contributed by atoms with Crippen LogP contribution in [-0.4, -0.2) is 37.1 Å². The number of ether oxygens (including phenoxy) is 1. The summed E-state index contributed by atoms with van der Waals surface area (Å²) in [4.78, 5) is 11.9. The van der Waals surface area contributed by atoms with Crippen LogP contribution in [0.2, 0.25) is 0 Å². The molecule has 0 saturated heterocycles. The molecular formula is C16H20F3NO4S. The number of halogens is 3. The number of carbonyl (C=O) groups excluding carboxylic acids is 1. The van der Waals surface area contributed by atoms with Gasteiger partial charge in [0.05, 0.1) is 11.4 Å². The minimum atomic E-state index is -4.84. The van der Waals surface area contributed by atoms with Crippen LogP contribution >= 0.6 is 0 Å². The van der Waals surface area contributed by atoms with Crippen LogP contribution in [0.4, 0.5) is 18.0 Å². The molecule has 0 atom stereocenters. The van der Waals surface area contributed by atoms with E-state index in [0.29, 0.717) is 0 Å². The van der Waals surface area contributed by atoms with E-state index in [1.54, 1.807) is 6.92 Å². The molecular weight excluding hydrogens is 359 g/mol. The Kier molecular flexibility index (Phi) is 5.94. The lowest BCUT2D eigenvalue weighted by Crippen LogP contribution is -2.43. The molecule has 0 radical (unpaired) electrons. The number of amides is 1. The van der Waals surface area contributed by atoms with Crippen LogP contribution in [0.1, 0.15) is 26.3 Å². The first kappa shape index (κ1) is 21.0. The molecule has 1 rings (SSSR count). The first-order valence-corrected chi connectivity index (χ1v) is 8.66. The maximum absolute atomic E-state index is 12.8. The molecule has 0 saturated carbocycles. The van der Waals surface area contributed by atoms with Crippen molar-refractivity contribution in [3.63, 3.8) is 0 Å². The van der Waals surface area contributed by atoms with Crippen LogP contribution in [0.25, 0.3) is 0 Å². The zero-order valence-electron chi connectivity index (χ0n) is 14.3. The smallest absolute Gasteiger partial charge is 0.424 e. The summed E-state index contributed by atoms with van der Waals surface area (Å²) in [7, 11) is -4.55. The lowest BCUT2D eigenvalue weighted by Gasteiger charge is -2.27. The maximum atomic E-state index is 12.8. The molecule has 0 aliphatic rings. The van der Waals surface area contributed by atoms with E-state index in [1.807, 2.05) is 0 Å². The first-order valence-electron chi connectivity index (χ1n) is 7.22. The van der Waals surface area contributed by atoms with Crippen LogP contribution in [0, 0.1) is 6.92 Å². The number of alkyl halides is 3. The van der Waals surface area contributed by atoms with E-state index in [0.717, 1.165) is 5.56 Å². The molecule has 1 aromatic rings. The van der Waals surface area contributed by atoms with Crippen molar-refractivity contribution in [1.29, 1.82) is 0 Å². The summed E-state index contributed by atoms with van der Waals surface area (Å²) >= 11 is 0. The third-order valence-corrected chi connectivity index (χ3v) is 4.67. The quantitative estimate of drug-likeness (QED) is 0.741. The van der Waals surface area contributed by atoms with Gasteiger partial charge in [-0.2, -0.15) is 17.5 Å². The zero-order valence-corrected chi connectivity index (χ0v) is 15.2. The summed E-state index contributed by atoms with van der Waals surface area (Å²) in [6.45, 7) is 7.70. The molecule has 140 valence electrons. The molecule has 0 N–H and O–H groups in total. The van der Waals surface area contributed by atoms with Gasteiger partial charge in [0, 0.05) is 5.57 Å². The van der Waals surface area contributed by atoms with E-state index < -0.39 is 40.0 Å². The van der Waals surface area contributed by atoms with E-state index >= 15 is 0 Å². The highest BCUT2D eigenvalue weighted by atomic mass is 32.2. The van der Waals surface area contributed by atoms with Crippen molar-refractivity contribution in [3.05, 3.63) is 42.0 Å². The fourth-order valence-electron chi connectivity index (χ4n) is 1.66. The summed E-state index contributed by atoms with van der Waals surface area (Å²) in [5.74, 6) is 0. The van der Waals surface area contributed by atoms with Crippen LogP contribution in [0.3, 0.4) is 0 Å². The minimum absolute atomic E-state index is 0.0404. The Hall–Kier alpha value is -2.03. The summed E-state index contributed by atoms with van der Waals surface area (Å²) in [5, 5.41) is 0. The Bertz CT molecular complexity index is 747. The van der Waals surface area contributed by atoms with Crippen molar-refractivity contribution in [2.24, 2.45) is 0 Å². The van der Waals surface area contributed by atoms with Crippen LogP contribution < -0.4 is 0 Å². The molecule has 0 aromatic heterocycles. The average molecular weight is 379 g/mol. The van der Waals surface area contributed by atoms with Crippen molar-refractivity contribution in [2.75, 3.05) is 6.54 Å². The van der Waals surface area contributed by atoms with E-state index in [2.05, 4.69) is 6.58 Å². The highest BCUT2D eigenvalue weighted by Crippen LogP contribution is 2.28. The summed E-state index contributed by atoms with van der Waals surface area (Å²) in [5.41, 5.74) is -1.71. The minimum Gasteiger partial charge on any atom is -0.443 e. The Balaban J connectivity index is 3.31. The van der Waals surface area contributed by atoms with Gasteiger partial charge in [-0.05, 0) is 39.8 Å². The van der Waals surface area contributed by atoms with Gasteiger partial charge in [0.15, 0.2) is 0 Å². The third-order valence-electron chi connectivity index (χ3n) is 2.94. The van der Waals surface area contributed by atoms with Crippen molar-refractivity contribution in [2.45, 2.75) is 44.4 Å². The molecule has 0 aliphatic heterocycles. The number of nitrogens with zero attached hydrogens (tertiary/aromatic N) is 1. The lowest BCUT2D eigenvalue weighted by atomic mass is 10.2. The van der Waals surface area contributed by atoms with Gasteiger partial charge in [-0.25, -0.2) is 13.2 Å². The second-order valence-corrected chi connectivity index (χ2v) is 8.27. The SMILES string of the molecule is C=C(CN(C(=O)OC(C)(C)C)S(=O)(=O)c1ccc(C)cc1)C(F)(F)F. The van der Waals surface area contributed by atoms with Gasteiger partial charge >= 0.3 is 12.3 Å². The molecule has 0 bridgehead atoms. The number of sulfonamides is 1. The van der Waals surface area contributed by atoms with Crippen molar-refractivity contribution in [3.8, 4) is 0 Å². The Morgan fingerprint density at radius 3 is 2.04 bits per heavy atom. The standard InChI is InChI=1S/C16H20F3NO4S/c1-11-6-8-13(9-7-11)25(22,23)20(10-12(2)16(17,18)19)14(21)24-15(3,4)5/h6-9H,2,10H2,1,3-5H3. The van der Waals surface area contributed by atoms with E-state index in [1.165, 1.54) is 45.0 Å². The van der Waals surface area contributed by atoms with Crippen molar-refractivity contribution in [1.82, 2.24) is 4.31 Å². The van der Waals surface area contributed by atoms with Gasteiger partial charge in [0.1, 0.15) is 5.60 Å². The molecule has 25 heavy (non-hydrogen) atoms. The van der Waals surface area contributed by atoms with Crippen LogP contribution in [0.5, 0.6) is 0 Å². The molecule has 1 amide bonds. The second kappa shape index (κ2) is 7.07. The molecule has 9 heteroatoms. The molecule has 1 aromatic carbocycles. The van der Waals surface area contributed by atoms with E-state index in [9.17, 15) is 26.4 Å². The number of hydrogen-bond donors (Lipinski definition) is 0. The van der Waals surface area contributed by atoms with Gasteiger partial charge in [-0.1, -0.05) is 24.3 Å². The van der Waals surface area contributed by atoms with Crippen LogP contribution in [-0.2, 0) is 14.8 Å². The molecule has 5 nitrogen and oxygen atoms in total. The lowest BCUT2D eigenvalue weighted by molar-refractivity contribution is -0.0937. The van der Waals surface area contributed by atoms with Crippen molar-refractivity contribution >= 4 is 16.1 Å². The summed E-state index contributed by atoms with van der Waals surface area (Å²) in [6.07, 6.45) is -6.25. The number of benzene rings is 1. The topological polar surface area (TPSA) is 63.7 Å². The predicted molar refractivity (Wildman–Crippen MR) is 86.5 cm³/mol. The normalized spacial score (nSPS) is 12.6. The van der Waals surface area contributed by atoms with E-state index in [-0.39, 0.29) is 9.20 Å². The fourth-order valence-corrected chi connectivity index (χ4v) is 2.95. The Labute approximate surface area is 145 Å². The Morgan fingerprint density at radius 1 is 1.16 bits per heavy atom. The number of rotatable bonds is 4. The van der Waals surface area contributed by atoms with Gasteiger partial charge in [0.25, 0.3) is 10.0 Å². The first-order chi connectivity index (χ1) is 11.1. The molecule has 0 unspecified atom stereocenters. The van der Waals surface area contributed by atoms with Crippen molar-refractivity contribution < 1.29 is 31.1 Å². The Morgan fingerprint density at radius 2 is 1.64 bits per heavy atom. The number of carbonyl (C=O) groups is 1. The summed E-state index contributed by atoms with van der Waals surface area (Å²) in [6, 6.07) is 5.36. The third kappa shape index (κ3) is 5.77. The maximum Gasteiger partial charge on any atom is 0.424 e. The van der Waals surface area contributed by atoms with Crippen LogP contribution in [0.15, 0.2) is 41.3 Å². The molecule has 0 fully saturated rings. The second-order valence-electron chi connectivity index (χ2n) is 6.41. The number of hydrogen-bond acceptors (Lipinski definition) is 4. The highest BCUT2D eigenvalue weighted by Gasteiger charge is 2.39. The van der Waals surface area contributed by atoms with Gasteiger partial charge in [-0.15, -0.1) is 0 Å². The van der Waals surface area contributed by atoms with Gasteiger partial charge in [-0.3, -0.25) is 0 Å². The molecule has 0 spiro atoms. The van der Waals surface area contributed by atoms with Gasteiger partial charge < -0.3 is 4.74 Å². The number of aryl methyl sites for hydroxylation is 1. The summed E-state index contributed by atoms with van der Waals surface area (Å²) < 4.78 is 68.6. The largest absolute Gasteiger partial charge is 0.443 e. The van der Waals surface area contributed by atoms with Gasteiger partial charge in [0.2, 0.25) is 0 Å². The zero-order chi connectivity index (χ0) is 19.6. The molecule has 0 aliphatic carbocycles. The molecule has 0 heterocycles. The average Bonchev–Trinajstić information content (AvgIpc) is 2.41. The predicted octanol–water partition coefficient (Wildman–Crippen LogP) is 4.04. The fraction of sp³-hybridized carbons (Fsp3) is 0.438. The highest BCUT2D eigenvalue weighted by molar-refractivity contribution is 7.89. The monoisotopic (exact) mass is 379 g/mol.